The monoisotopic (exact) mass is 330 g/mol. The molecule has 122 valence electrons. The van der Waals surface area contributed by atoms with Crippen LogP contribution in [0.25, 0.3) is 6.08 Å². The van der Waals surface area contributed by atoms with Crippen LogP contribution in [0.3, 0.4) is 0 Å². The third-order valence-corrected chi connectivity index (χ3v) is 4.80. The summed E-state index contributed by atoms with van der Waals surface area (Å²) in [6, 6.07) is 7.87. The maximum Gasteiger partial charge on any atom is 0.262 e. The highest BCUT2D eigenvalue weighted by molar-refractivity contribution is 7.98. The van der Waals surface area contributed by atoms with Crippen LogP contribution in [0.5, 0.6) is 5.75 Å². The van der Waals surface area contributed by atoms with E-state index >= 15 is 0 Å². The summed E-state index contributed by atoms with van der Waals surface area (Å²) in [5.74, 6) is 0.462. The quantitative estimate of drug-likeness (QED) is 0.507. The molecule has 0 atom stereocenters. The number of benzene rings is 1. The SMILES string of the molecule is COc1cc(C=C(C#N)C(=O)NC2CCCCC2)ccc1SC. The fourth-order valence-corrected chi connectivity index (χ4v) is 3.32. The van der Waals surface area contributed by atoms with E-state index in [0.717, 1.165) is 41.9 Å². The van der Waals surface area contributed by atoms with Crippen molar-refractivity contribution < 1.29 is 9.53 Å². The van der Waals surface area contributed by atoms with Gasteiger partial charge in [0.05, 0.1) is 7.11 Å². The zero-order valence-corrected chi connectivity index (χ0v) is 14.4. The van der Waals surface area contributed by atoms with Crippen LogP contribution in [0.4, 0.5) is 0 Å². The van der Waals surface area contributed by atoms with Gasteiger partial charge in [-0.25, -0.2) is 0 Å². The summed E-state index contributed by atoms with van der Waals surface area (Å²) in [7, 11) is 1.61. The molecular weight excluding hydrogens is 308 g/mol. The molecule has 0 heterocycles. The predicted molar refractivity (Wildman–Crippen MR) is 93.4 cm³/mol. The Labute approximate surface area is 141 Å². The molecule has 0 bridgehead atoms. The second-order valence-corrected chi connectivity index (χ2v) is 6.44. The van der Waals surface area contributed by atoms with Crippen molar-refractivity contribution in [3.05, 3.63) is 29.3 Å². The Morgan fingerprint density at radius 1 is 1.39 bits per heavy atom. The second-order valence-electron chi connectivity index (χ2n) is 5.59. The number of hydrogen-bond donors (Lipinski definition) is 1. The molecule has 5 heteroatoms. The molecule has 1 N–H and O–H groups in total. The van der Waals surface area contributed by atoms with Gasteiger partial charge in [-0.05, 0) is 42.9 Å². The summed E-state index contributed by atoms with van der Waals surface area (Å²) in [6.45, 7) is 0. The van der Waals surface area contributed by atoms with Crippen LogP contribution >= 0.6 is 11.8 Å². The van der Waals surface area contributed by atoms with Gasteiger partial charge in [0.25, 0.3) is 5.91 Å². The van der Waals surface area contributed by atoms with Crippen molar-refractivity contribution in [3.8, 4) is 11.8 Å². The van der Waals surface area contributed by atoms with Crippen molar-refractivity contribution >= 4 is 23.7 Å². The first-order valence-corrected chi connectivity index (χ1v) is 9.05. The number of methoxy groups -OCH3 is 1. The minimum Gasteiger partial charge on any atom is -0.496 e. The molecule has 0 saturated heterocycles. The number of rotatable bonds is 5. The molecule has 1 aliphatic carbocycles. The van der Waals surface area contributed by atoms with Crippen molar-refractivity contribution in [1.82, 2.24) is 5.32 Å². The van der Waals surface area contributed by atoms with E-state index in [9.17, 15) is 10.1 Å². The van der Waals surface area contributed by atoms with Crippen molar-refractivity contribution in [3.63, 3.8) is 0 Å². The molecule has 1 aliphatic rings. The van der Waals surface area contributed by atoms with E-state index in [1.165, 1.54) is 6.42 Å². The first-order chi connectivity index (χ1) is 11.2. The van der Waals surface area contributed by atoms with Crippen LogP contribution in [0.2, 0.25) is 0 Å². The van der Waals surface area contributed by atoms with Crippen molar-refractivity contribution in [2.45, 2.75) is 43.0 Å². The molecule has 1 fully saturated rings. The zero-order valence-electron chi connectivity index (χ0n) is 13.6. The van der Waals surface area contributed by atoms with E-state index in [2.05, 4.69) is 5.32 Å². The molecule has 1 saturated carbocycles. The van der Waals surface area contributed by atoms with Crippen molar-refractivity contribution in [2.75, 3.05) is 13.4 Å². The lowest BCUT2D eigenvalue weighted by Crippen LogP contribution is -2.36. The first kappa shape index (κ1) is 17.4. The van der Waals surface area contributed by atoms with Crippen LogP contribution in [0, 0.1) is 11.3 Å². The van der Waals surface area contributed by atoms with E-state index in [0.29, 0.717) is 0 Å². The number of hydrogen-bond acceptors (Lipinski definition) is 4. The number of nitrogens with one attached hydrogen (secondary N) is 1. The van der Waals surface area contributed by atoms with E-state index in [4.69, 9.17) is 4.74 Å². The summed E-state index contributed by atoms with van der Waals surface area (Å²) in [5, 5.41) is 12.3. The van der Waals surface area contributed by atoms with Gasteiger partial charge < -0.3 is 10.1 Å². The van der Waals surface area contributed by atoms with Gasteiger partial charge in [-0.1, -0.05) is 25.3 Å². The maximum atomic E-state index is 12.3. The van der Waals surface area contributed by atoms with Gasteiger partial charge in [-0.15, -0.1) is 11.8 Å². The number of nitrogens with zero attached hydrogens (tertiary/aromatic N) is 1. The zero-order chi connectivity index (χ0) is 16.7. The molecule has 23 heavy (non-hydrogen) atoms. The van der Waals surface area contributed by atoms with Gasteiger partial charge in [-0.3, -0.25) is 4.79 Å². The summed E-state index contributed by atoms with van der Waals surface area (Å²) in [6.07, 6.45) is 9.11. The summed E-state index contributed by atoms with van der Waals surface area (Å²) >= 11 is 1.59. The fourth-order valence-electron chi connectivity index (χ4n) is 2.77. The van der Waals surface area contributed by atoms with E-state index in [-0.39, 0.29) is 17.5 Å². The van der Waals surface area contributed by atoms with Gasteiger partial charge in [-0.2, -0.15) is 5.26 Å². The number of thioether (sulfide) groups is 1. The number of amides is 1. The first-order valence-electron chi connectivity index (χ1n) is 7.82. The Morgan fingerprint density at radius 2 is 2.13 bits per heavy atom. The molecule has 0 unspecified atom stereocenters. The average Bonchev–Trinajstić information content (AvgIpc) is 2.60. The smallest absolute Gasteiger partial charge is 0.262 e. The number of ether oxygens (including phenoxy) is 1. The molecule has 0 aromatic heterocycles. The van der Waals surface area contributed by atoms with Gasteiger partial charge in [0.1, 0.15) is 17.4 Å². The molecule has 2 rings (SSSR count). The van der Waals surface area contributed by atoms with E-state index in [1.807, 2.05) is 30.5 Å². The van der Waals surface area contributed by atoms with Gasteiger partial charge in [0, 0.05) is 10.9 Å². The average molecular weight is 330 g/mol. The fraction of sp³-hybridized carbons (Fsp3) is 0.444. The Bertz CT molecular complexity index is 628. The van der Waals surface area contributed by atoms with Gasteiger partial charge >= 0.3 is 0 Å². The van der Waals surface area contributed by atoms with Gasteiger partial charge in [0.2, 0.25) is 0 Å². The number of nitriles is 1. The maximum absolute atomic E-state index is 12.3. The minimum atomic E-state index is -0.285. The molecule has 1 aromatic rings. The molecule has 1 aromatic carbocycles. The van der Waals surface area contributed by atoms with Crippen LogP contribution in [0.15, 0.2) is 28.7 Å². The van der Waals surface area contributed by atoms with E-state index < -0.39 is 0 Å². The van der Waals surface area contributed by atoms with Crippen LogP contribution in [0.1, 0.15) is 37.7 Å². The Hall–Kier alpha value is -1.93. The standard InChI is InChI=1S/C18H22N2O2S/c1-22-16-11-13(8-9-17(16)23-2)10-14(12-19)18(21)20-15-6-4-3-5-7-15/h8-11,15H,3-7H2,1-2H3,(H,20,21). The highest BCUT2D eigenvalue weighted by atomic mass is 32.2. The molecule has 0 aliphatic heterocycles. The summed E-state index contributed by atoms with van der Waals surface area (Å²) < 4.78 is 5.34. The second kappa shape index (κ2) is 8.64. The highest BCUT2D eigenvalue weighted by Gasteiger charge is 2.18. The van der Waals surface area contributed by atoms with Crippen LogP contribution in [-0.4, -0.2) is 25.3 Å². The third kappa shape index (κ3) is 4.77. The molecule has 0 spiro atoms. The lowest BCUT2D eigenvalue weighted by molar-refractivity contribution is -0.117. The third-order valence-electron chi connectivity index (χ3n) is 4.02. The Kier molecular flexibility index (Phi) is 6.54. The predicted octanol–water partition coefficient (Wildman–Crippen LogP) is 3.77. The highest BCUT2D eigenvalue weighted by Crippen LogP contribution is 2.29. The van der Waals surface area contributed by atoms with Crippen LogP contribution < -0.4 is 10.1 Å². The Morgan fingerprint density at radius 3 is 2.74 bits per heavy atom. The molecule has 0 radical (unpaired) electrons. The Balaban J connectivity index is 2.14. The van der Waals surface area contributed by atoms with Crippen molar-refractivity contribution in [1.29, 1.82) is 5.26 Å². The van der Waals surface area contributed by atoms with Crippen LogP contribution in [-0.2, 0) is 4.79 Å². The van der Waals surface area contributed by atoms with E-state index in [1.54, 1.807) is 24.9 Å². The normalized spacial score (nSPS) is 15.8. The topological polar surface area (TPSA) is 62.1 Å². The van der Waals surface area contributed by atoms with Gasteiger partial charge in [0.15, 0.2) is 0 Å². The molecule has 1 amide bonds. The van der Waals surface area contributed by atoms with Crippen molar-refractivity contribution in [2.24, 2.45) is 0 Å². The summed E-state index contributed by atoms with van der Waals surface area (Å²) in [5.41, 5.74) is 0.921. The number of carbonyl (C=O) groups is 1. The molecule has 4 nitrogen and oxygen atoms in total. The summed E-state index contributed by atoms with van der Waals surface area (Å²) in [4.78, 5) is 13.3. The minimum absolute atomic E-state index is 0.134. The number of carbonyl (C=O) groups excluding carboxylic acids is 1. The largest absolute Gasteiger partial charge is 0.496 e. The lowest BCUT2D eigenvalue weighted by atomic mass is 9.95. The lowest BCUT2D eigenvalue weighted by Gasteiger charge is -2.22. The molecular formula is C18H22N2O2S.